The first-order chi connectivity index (χ1) is 10.5. The molecule has 22 heavy (non-hydrogen) atoms. The van der Waals surface area contributed by atoms with Gasteiger partial charge in [0.25, 0.3) is 0 Å². The maximum absolute atomic E-state index is 5.39. The molecular formula is C21H32O. The average Bonchev–Trinajstić information content (AvgIpc) is 2.46. The van der Waals surface area contributed by atoms with Gasteiger partial charge < -0.3 is 4.74 Å². The molecule has 0 spiro atoms. The number of hydrogen-bond acceptors (Lipinski definition) is 1. The fraction of sp³-hybridized carbons (Fsp3) is 0.714. The number of ether oxygens (including phenoxy) is 1. The zero-order chi connectivity index (χ0) is 15.8. The molecule has 0 amide bonds. The van der Waals surface area contributed by atoms with Crippen molar-refractivity contribution in [3.05, 3.63) is 35.9 Å². The van der Waals surface area contributed by atoms with Crippen molar-refractivity contribution in [3.8, 4) is 0 Å². The third-order valence-corrected chi connectivity index (χ3v) is 6.38. The van der Waals surface area contributed by atoms with E-state index in [0.29, 0.717) is 10.8 Å². The molecule has 0 N–H and O–H groups in total. The molecule has 2 aliphatic carbocycles. The number of rotatable bonds is 4. The summed E-state index contributed by atoms with van der Waals surface area (Å²) < 4.78 is 5.39. The Kier molecular flexibility index (Phi) is 4.38. The fourth-order valence-electron chi connectivity index (χ4n) is 5.94. The second-order valence-corrected chi connectivity index (χ2v) is 8.78. The van der Waals surface area contributed by atoms with E-state index in [4.69, 9.17) is 4.74 Å². The van der Waals surface area contributed by atoms with E-state index < -0.39 is 0 Å². The Morgan fingerprint density at radius 3 is 2.50 bits per heavy atom. The van der Waals surface area contributed by atoms with E-state index in [1.807, 2.05) is 7.11 Å². The van der Waals surface area contributed by atoms with Crippen molar-refractivity contribution < 1.29 is 4.74 Å². The van der Waals surface area contributed by atoms with Crippen LogP contribution in [-0.4, -0.2) is 13.7 Å². The van der Waals surface area contributed by atoms with Gasteiger partial charge >= 0.3 is 0 Å². The van der Waals surface area contributed by atoms with Gasteiger partial charge in [-0.2, -0.15) is 0 Å². The quantitative estimate of drug-likeness (QED) is 0.719. The molecule has 0 aliphatic heterocycles. The van der Waals surface area contributed by atoms with Gasteiger partial charge in [0.05, 0.1) is 0 Å². The zero-order valence-corrected chi connectivity index (χ0v) is 14.8. The van der Waals surface area contributed by atoms with Crippen LogP contribution in [-0.2, 0) is 10.2 Å². The molecule has 1 nitrogen and oxygen atoms in total. The lowest BCUT2D eigenvalue weighted by Crippen LogP contribution is -2.49. The van der Waals surface area contributed by atoms with E-state index >= 15 is 0 Å². The van der Waals surface area contributed by atoms with E-state index in [9.17, 15) is 0 Å². The summed E-state index contributed by atoms with van der Waals surface area (Å²) in [7, 11) is 1.84. The lowest BCUT2D eigenvalue weighted by atomic mass is 9.48. The topological polar surface area (TPSA) is 9.23 Å². The summed E-state index contributed by atoms with van der Waals surface area (Å²) in [5, 5.41) is 0. The van der Waals surface area contributed by atoms with Crippen molar-refractivity contribution in [2.45, 2.75) is 58.3 Å². The molecular weight excluding hydrogens is 268 g/mol. The molecule has 2 fully saturated rings. The zero-order valence-electron chi connectivity index (χ0n) is 14.8. The standard InChI is InChI=1S/C21H32O/c1-16-12-21(18-8-6-5-7-9-18)14-17(13-20(2,3)15-21)19(16)10-11-22-4/h5-9,16-17,19H,10-15H2,1-4H3. The van der Waals surface area contributed by atoms with Crippen LogP contribution in [0.3, 0.4) is 0 Å². The van der Waals surface area contributed by atoms with Gasteiger partial charge in [-0.3, -0.25) is 0 Å². The summed E-state index contributed by atoms with van der Waals surface area (Å²) in [6, 6.07) is 11.4. The van der Waals surface area contributed by atoms with Crippen molar-refractivity contribution in [1.29, 1.82) is 0 Å². The van der Waals surface area contributed by atoms with Crippen molar-refractivity contribution >= 4 is 0 Å². The second kappa shape index (κ2) is 6.00. The van der Waals surface area contributed by atoms with Crippen LogP contribution >= 0.6 is 0 Å². The van der Waals surface area contributed by atoms with Crippen LogP contribution in [0.1, 0.15) is 58.4 Å². The van der Waals surface area contributed by atoms with Gasteiger partial charge in [0.15, 0.2) is 0 Å². The summed E-state index contributed by atoms with van der Waals surface area (Å²) in [5.41, 5.74) is 2.46. The van der Waals surface area contributed by atoms with Gasteiger partial charge in [0.1, 0.15) is 0 Å². The van der Waals surface area contributed by atoms with Gasteiger partial charge in [0.2, 0.25) is 0 Å². The van der Waals surface area contributed by atoms with Crippen molar-refractivity contribution in [3.63, 3.8) is 0 Å². The first-order valence-electron chi connectivity index (χ1n) is 9.00. The molecule has 4 atom stereocenters. The van der Waals surface area contributed by atoms with Gasteiger partial charge in [-0.15, -0.1) is 0 Å². The molecule has 0 aromatic heterocycles. The summed E-state index contributed by atoms with van der Waals surface area (Å²) in [6.07, 6.45) is 6.72. The largest absolute Gasteiger partial charge is 0.385 e. The Labute approximate surface area is 136 Å². The lowest BCUT2D eigenvalue weighted by molar-refractivity contribution is -0.0242. The van der Waals surface area contributed by atoms with Crippen LogP contribution < -0.4 is 0 Å². The molecule has 3 rings (SSSR count). The Balaban J connectivity index is 1.92. The van der Waals surface area contributed by atoms with E-state index in [2.05, 4.69) is 51.1 Å². The van der Waals surface area contributed by atoms with Gasteiger partial charge in [-0.25, -0.2) is 0 Å². The van der Waals surface area contributed by atoms with Crippen molar-refractivity contribution in [2.24, 2.45) is 23.2 Å². The fourth-order valence-corrected chi connectivity index (χ4v) is 5.94. The number of methoxy groups -OCH3 is 1. The normalized spacial score (nSPS) is 37.0. The van der Waals surface area contributed by atoms with Crippen LogP contribution in [0.2, 0.25) is 0 Å². The van der Waals surface area contributed by atoms with Crippen LogP contribution in [0.4, 0.5) is 0 Å². The maximum Gasteiger partial charge on any atom is 0.0465 e. The molecule has 122 valence electrons. The molecule has 0 saturated heterocycles. The third-order valence-electron chi connectivity index (χ3n) is 6.38. The minimum Gasteiger partial charge on any atom is -0.385 e. The summed E-state index contributed by atoms with van der Waals surface area (Å²) in [5.74, 6) is 2.52. The molecule has 2 aliphatic rings. The molecule has 1 heteroatoms. The van der Waals surface area contributed by atoms with Gasteiger partial charge in [0, 0.05) is 13.7 Å². The predicted octanol–water partition coefficient (Wildman–Crippen LogP) is 5.44. The monoisotopic (exact) mass is 300 g/mol. The number of fused-ring (bicyclic) bond motifs is 2. The van der Waals surface area contributed by atoms with Crippen LogP contribution in [0.5, 0.6) is 0 Å². The van der Waals surface area contributed by atoms with Crippen LogP contribution in [0, 0.1) is 23.2 Å². The van der Waals surface area contributed by atoms with Crippen molar-refractivity contribution in [2.75, 3.05) is 13.7 Å². The summed E-state index contributed by atoms with van der Waals surface area (Å²) in [4.78, 5) is 0. The molecule has 2 saturated carbocycles. The van der Waals surface area contributed by atoms with E-state index in [1.165, 1.54) is 32.1 Å². The van der Waals surface area contributed by atoms with E-state index in [0.717, 1.165) is 24.4 Å². The number of benzene rings is 1. The Morgan fingerprint density at radius 1 is 1.09 bits per heavy atom. The number of hydrogen-bond donors (Lipinski definition) is 0. The lowest BCUT2D eigenvalue weighted by Gasteiger charge is -2.57. The highest BCUT2D eigenvalue weighted by Crippen LogP contribution is 2.60. The highest BCUT2D eigenvalue weighted by atomic mass is 16.5. The van der Waals surface area contributed by atoms with Crippen LogP contribution in [0.15, 0.2) is 30.3 Å². The SMILES string of the molecule is COCCC1C(C)CC2(c3ccccc3)CC1CC(C)(C)C2. The average molecular weight is 300 g/mol. The summed E-state index contributed by atoms with van der Waals surface area (Å²) in [6.45, 7) is 8.38. The Hall–Kier alpha value is -0.820. The minimum atomic E-state index is 0.413. The Bertz CT molecular complexity index is 488. The van der Waals surface area contributed by atoms with Crippen LogP contribution in [0.25, 0.3) is 0 Å². The van der Waals surface area contributed by atoms with E-state index in [1.54, 1.807) is 5.56 Å². The van der Waals surface area contributed by atoms with E-state index in [-0.39, 0.29) is 0 Å². The Morgan fingerprint density at radius 2 is 1.82 bits per heavy atom. The molecule has 2 bridgehead atoms. The van der Waals surface area contributed by atoms with Crippen molar-refractivity contribution in [1.82, 2.24) is 0 Å². The highest BCUT2D eigenvalue weighted by molar-refractivity contribution is 5.28. The molecule has 1 aromatic rings. The second-order valence-electron chi connectivity index (χ2n) is 8.78. The third kappa shape index (κ3) is 2.97. The molecule has 0 heterocycles. The first kappa shape index (κ1) is 16.1. The van der Waals surface area contributed by atoms with Gasteiger partial charge in [-0.05, 0) is 66.3 Å². The molecule has 1 aromatic carbocycles. The smallest absolute Gasteiger partial charge is 0.0465 e. The molecule has 4 unspecified atom stereocenters. The van der Waals surface area contributed by atoms with Gasteiger partial charge in [-0.1, -0.05) is 51.1 Å². The molecule has 0 radical (unpaired) electrons. The summed E-state index contributed by atoms with van der Waals surface area (Å²) >= 11 is 0. The first-order valence-corrected chi connectivity index (χ1v) is 9.00. The minimum absolute atomic E-state index is 0.413. The predicted molar refractivity (Wildman–Crippen MR) is 93.0 cm³/mol. The maximum atomic E-state index is 5.39. The highest BCUT2D eigenvalue weighted by Gasteiger charge is 2.52.